The number of benzene rings is 1. The Morgan fingerprint density at radius 1 is 1.33 bits per heavy atom. The van der Waals surface area contributed by atoms with E-state index in [9.17, 15) is 4.79 Å². The Bertz CT molecular complexity index is 879. The van der Waals surface area contributed by atoms with E-state index in [4.69, 9.17) is 4.74 Å². The molecule has 1 aromatic heterocycles. The SMILES string of the molecule is C/C=C1/CN2CCc3c4n(c5ccccc35)[C@@H](C(=O)OC)[C@H]1C[C@@H]42. The molecule has 2 bridgehead atoms. The summed E-state index contributed by atoms with van der Waals surface area (Å²) in [5.41, 5.74) is 5.38. The molecular formula is C20H22N2O2. The topological polar surface area (TPSA) is 34.5 Å². The Morgan fingerprint density at radius 3 is 2.96 bits per heavy atom. The van der Waals surface area contributed by atoms with Crippen LogP contribution in [-0.2, 0) is 16.0 Å². The highest BCUT2D eigenvalue weighted by Gasteiger charge is 2.49. The average molecular weight is 322 g/mol. The van der Waals surface area contributed by atoms with Crippen LogP contribution in [0.5, 0.6) is 0 Å². The number of allylic oxidation sites excluding steroid dienone is 1. The van der Waals surface area contributed by atoms with Gasteiger partial charge in [-0.15, -0.1) is 0 Å². The fraction of sp³-hybridized carbons (Fsp3) is 0.450. The van der Waals surface area contributed by atoms with Gasteiger partial charge in [0.15, 0.2) is 0 Å². The summed E-state index contributed by atoms with van der Waals surface area (Å²) in [6.45, 7) is 4.20. The number of nitrogens with zero attached hydrogens (tertiary/aromatic N) is 2. The van der Waals surface area contributed by atoms with Gasteiger partial charge in [-0.2, -0.15) is 0 Å². The molecule has 3 aliphatic heterocycles. The van der Waals surface area contributed by atoms with Crippen molar-refractivity contribution >= 4 is 16.9 Å². The lowest BCUT2D eigenvalue weighted by Gasteiger charge is -2.50. The first kappa shape index (κ1) is 14.3. The molecular weight excluding hydrogens is 300 g/mol. The van der Waals surface area contributed by atoms with Crippen LogP contribution in [-0.4, -0.2) is 35.6 Å². The minimum absolute atomic E-state index is 0.111. The summed E-state index contributed by atoms with van der Waals surface area (Å²) in [5, 5.41) is 1.32. The summed E-state index contributed by atoms with van der Waals surface area (Å²) >= 11 is 0. The first-order valence-corrected chi connectivity index (χ1v) is 8.83. The van der Waals surface area contributed by atoms with E-state index in [1.807, 2.05) is 0 Å². The Morgan fingerprint density at radius 2 is 2.17 bits per heavy atom. The maximum Gasteiger partial charge on any atom is 0.329 e. The third-order valence-corrected chi connectivity index (χ3v) is 6.27. The predicted molar refractivity (Wildman–Crippen MR) is 92.9 cm³/mol. The van der Waals surface area contributed by atoms with Gasteiger partial charge in [-0.1, -0.05) is 29.8 Å². The number of fused-ring (bicyclic) bond motifs is 4. The third-order valence-electron chi connectivity index (χ3n) is 6.27. The number of aromatic nitrogens is 1. The van der Waals surface area contributed by atoms with Crippen LogP contribution in [0.2, 0.25) is 0 Å². The number of piperidine rings is 1. The molecule has 124 valence electrons. The van der Waals surface area contributed by atoms with Gasteiger partial charge in [0.2, 0.25) is 0 Å². The van der Waals surface area contributed by atoms with Crippen molar-refractivity contribution < 1.29 is 9.53 Å². The van der Waals surface area contributed by atoms with Crippen molar-refractivity contribution in [2.24, 2.45) is 5.92 Å². The van der Waals surface area contributed by atoms with E-state index in [0.29, 0.717) is 6.04 Å². The van der Waals surface area contributed by atoms with E-state index < -0.39 is 0 Å². The summed E-state index contributed by atoms with van der Waals surface area (Å²) in [6.07, 6.45) is 4.31. The molecule has 4 heterocycles. The molecule has 1 aromatic carbocycles. The minimum Gasteiger partial charge on any atom is -0.467 e. The first-order valence-electron chi connectivity index (χ1n) is 8.83. The molecule has 4 heteroatoms. The van der Waals surface area contributed by atoms with Crippen molar-refractivity contribution in [3.05, 3.63) is 47.2 Å². The van der Waals surface area contributed by atoms with Crippen LogP contribution in [0, 0.1) is 5.92 Å². The van der Waals surface area contributed by atoms with Gasteiger partial charge in [0.25, 0.3) is 0 Å². The Kier molecular flexibility index (Phi) is 2.95. The zero-order valence-corrected chi connectivity index (χ0v) is 14.2. The van der Waals surface area contributed by atoms with Crippen LogP contribution in [0.4, 0.5) is 0 Å². The maximum absolute atomic E-state index is 12.8. The molecule has 0 aliphatic carbocycles. The van der Waals surface area contributed by atoms with E-state index in [-0.39, 0.29) is 17.9 Å². The van der Waals surface area contributed by atoms with E-state index in [0.717, 1.165) is 25.9 Å². The van der Waals surface area contributed by atoms with Gasteiger partial charge in [0, 0.05) is 35.6 Å². The smallest absolute Gasteiger partial charge is 0.329 e. The lowest BCUT2D eigenvalue weighted by atomic mass is 9.75. The molecule has 2 aromatic rings. The van der Waals surface area contributed by atoms with Gasteiger partial charge in [-0.3, -0.25) is 4.90 Å². The van der Waals surface area contributed by atoms with Gasteiger partial charge in [0.1, 0.15) is 6.04 Å². The summed E-state index contributed by atoms with van der Waals surface area (Å²) in [5.74, 6) is 0.137. The number of rotatable bonds is 1. The van der Waals surface area contributed by atoms with E-state index >= 15 is 0 Å². The largest absolute Gasteiger partial charge is 0.467 e. The second-order valence-electron chi connectivity index (χ2n) is 7.16. The highest BCUT2D eigenvalue weighted by atomic mass is 16.5. The molecule has 0 radical (unpaired) electrons. The zero-order chi connectivity index (χ0) is 16.4. The number of esters is 1. The van der Waals surface area contributed by atoms with Crippen LogP contribution < -0.4 is 0 Å². The fourth-order valence-corrected chi connectivity index (χ4v) is 5.26. The molecule has 0 saturated carbocycles. The third kappa shape index (κ3) is 1.64. The number of hydrogen-bond acceptors (Lipinski definition) is 3. The highest BCUT2D eigenvalue weighted by molar-refractivity contribution is 5.89. The standard InChI is InChI=1S/C20H22N2O2/c1-3-12-11-21-9-8-14-13-6-4-5-7-16(13)22-18(14)17(21)10-15(12)19(22)20(23)24-2/h3-7,15,17,19H,8-11H2,1-2H3/b12-3-/t15-,17-,19+/m0/s1. The molecule has 24 heavy (non-hydrogen) atoms. The van der Waals surface area contributed by atoms with Gasteiger partial charge < -0.3 is 9.30 Å². The van der Waals surface area contributed by atoms with Crippen molar-refractivity contribution in [3.8, 4) is 0 Å². The van der Waals surface area contributed by atoms with Crippen molar-refractivity contribution in [3.63, 3.8) is 0 Å². The van der Waals surface area contributed by atoms with Crippen LogP contribution in [0.15, 0.2) is 35.9 Å². The van der Waals surface area contributed by atoms with Crippen LogP contribution in [0.3, 0.4) is 0 Å². The van der Waals surface area contributed by atoms with E-state index in [1.54, 1.807) is 0 Å². The molecule has 0 unspecified atom stereocenters. The lowest BCUT2D eigenvalue weighted by Crippen LogP contribution is -2.50. The second kappa shape index (κ2) is 4.96. The number of carbonyl (C=O) groups excluding carboxylic acids is 1. The second-order valence-corrected chi connectivity index (χ2v) is 7.16. The molecule has 3 atom stereocenters. The number of hydrogen-bond donors (Lipinski definition) is 0. The quantitative estimate of drug-likeness (QED) is 0.597. The summed E-state index contributed by atoms with van der Waals surface area (Å²) in [7, 11) is 1.51. The number of para-hydroxylation sites is 1. The van der Waals surface area contributed by atoms with Gasteiger partial charge in [-0.05, 0) is 31.4 Å². The molecule has 5 rings (SSSR count). The Labute approximate surface area is 141 Å². The Balaban J connectivity index is 1.86. The zero-order valence-electron chi connectivity index (χ0n) is 14.2. The van der Waals surface area contributed by atoms with Crippen molar-refractivity contribution in [1.29, 1.82) is 0 Å². The monoisotopic (exact) mass is 322 g/mol. The number of carbonyl (C=O) groups is 1. The Hall–Kier alpha value is -2.07. The predicted octanol–water partition coefficient (Wildman–Crippen LogP) is 3.23. The summed E-state index contributed by atoms with van der Waals surface area (Å²) in [4.78, 5) is 15.4. The molecule has 0 spiro atoms. The van der Waals surface area contributed by atoms with Crippen molar-refractivity contribution in [2.45, 2.75) is 31.8 Å². The normalized spacial score (nSPS) is 29.9. The van der Waals surface area contributed by atoms with E-state index in [1.165, 1.54) is 34.8 Å². The molecule has 1 fully saturated rings. The lowest BCUT2D eigenvalue weighted by molar-refractivity contribution is -0.147. The van der Waals surface area contributed by atoms with E-state index in [2.05, 4.69) is 46.7 Å². The molecule has 0 amide bonds. The average Bonchev–Trinajstić information content (AvgIpc) is 2.96. The van der Waals surface area contributed by atoms with Crippen LogP contribution >= 0.6 is 0 Å². The fourth-order valence-electron chi connectivity index (χ4n) is 5.26. The molecule has 0 N–H and O–H groups in total. The summed E-state index contributed by atoms with van der Waals surface area (Å²) < 4.78 is 7.54. The summed E-state index contributed by atoms with van der Waals surface area (Å²) in [6, 6.07) is 8.75. The van der Waals surface area contributed by atoms with Crippen molar-refractivity contribution in [1.82, 2.24) is 9.47 Å². The molecule has 4 nitrogen and oxygen atoms in total. The van der Waals surface area contributed by atoms with Gasteiger partial charge >= 0.3 is 5.97 Å². The van der Waals surface area contributed by atoms with Crippen molar-refractivity contribution in [2.75, 3.05) is 20.2 Å². The molecule has 1 saturated heterocycles. The highest BCUT2D eigenvalue weighted by Crippen LogP contribution is 2.53. The van der Waals surface area contributed by atoms with Crippen LogP contribution in [0.25, 0.3) is 10.9 Å². The van der Waals surface area contributed by atoms with Gasteiger partial charge in [0.05, 0.1) is 13.2 Å². The van der Waals surface area contributed by atoms with Crippen LogP contribution in [0.1, 0.15) is 36.7 Å². The minimum atomic E-state index is -0.230. The molecule has 3 aliphatic rings. The first-order chi connectivity index (χ1) is 11.7. The number of methoxy groups -OCH3 is 1. The number of ether oxygens (including phenoxy) is 1. The maximum atomic E-state index is 12.8. The van der Waals surface area contributed by atoms with Gasteiger partial charge in [-0.25, -0.2) is 4.79 Å².